The van der Waals surface area contributed by atoms with Gasteiger partial charge in [0.25, 0.3) is 0 Å². The summed E-state index contributed by atoms with van der Waals surface area (Å²) in [6, 6.07) is 0. The zero-order valence-corrected chi connectivity index (χ0v) is 13.4. The molecule has 2 atom stereocenters. The molecular formula is C13H26N2O2S2. The summed E-state index contributed by atoms with van der Waals surface area (Å²) in [5.41, 5.74) is 0. The Hall–Kier alpha value is 0.220. The second-order valence-electron chi connectivity index (χ2n) is 5.52. The Morgan fingerprint density at radius 3 is 2.95 bits per heavy atom. The number of rotatable bonds is 6. The van der Waals surface area contributed by atoms with E-state index in [1.165, 1.54) is 12.8 Å². The van der Waals surface area contributed by atoms with E-state index in [2.05, 4.69) is 10.2 Å². The lowest BCUT2D eigenvalue weighted by Crippen LogP contribution is -2.48. The van der Waals surface area contributed by atoms with E-state index in [1.54, 1.807) is 18.7 Å². The molecule has 19 heavy (non-hydrogen) atoms. The van der Waals surface area contributed by atoms with Crippen LogP contribution in [-0.2, 0) is 9.84 Å². The Kier molecular flexibility index (Phi) is 5.99. The highest BCUT2D eigenvalue weighted by atomic mass is 32.2. The summed E-state index contributed by atoms with van der Waals surface area (Å²) >= 11 is 1.78. The topological polar surface area (TPSA) is 49.4 Å². The van der Waals surface area contributed by atoms with Crippen LogP contribution in [0.4, 0.5) is 0 Å². The van der Waals surface area contributed by atoms with Crippen molar-refractivity contribution in [1.29, 1.82) is 0 Å². The van der Waals surface area contributed by atoms with Gasteiger partial charge in [0.2, 0.25) is 0 Å². The predicted molar refractivity (Wildman–Crippen MR) is 82.4 cm³/mol. The number of sulfone groups is 1. The van der Waals surface area contributed by atoms with Gasteiger partial charge in [-0.2, -0.15) is 11.8 Å². The van der Waals surface area contributed by atoms with E-state index in [1.807, 2.05) is 0 Å². The molecule has 0 aliphatic carbocycles. The zero-order valence-electron chi connectivity index (χ0n) is 11.8. The van der Waals surface area contributed by atoms with Gasteiger partial charge in [0.1, 0.15) is 5.37 Å². The summed E-state index contributed by atoms with van der Waals surface area (Å²) in [5.74, 6) is 2.89. The van der Waals surface area contributed by atoms with Gasteiger partial charge in [-0.3, -0.25) is 4.90 Å². The monoisotopic (exact) mass is 306 g/mol. The van der Waals surface area contributed by atoms with E-state index in [-0.39, 0.29) is 11.1 Å². The molecule has 0 radical (unpaired) electrons. The smallest absolute Gasteiger partial charge is 0.166 e. The van der Waals surface area contributed by atoms with Gasteiger partial charge in [0.15, 0.2) is 9.84 Å². The third-order valence-corrected chi connectivity index (χ3v) is 7.56. The highest BCUT2D eigenvalue weighted by Crippen LogP contribution is 2.23. The van der Waals surface area contributed by atoms with Crippen molar-refractivity contribution in [2.45, 2.75) is 31.6 Å². The Balaban J connectivity index is 1.82. The number of nitrogens with zero attached hydrogens (tertiary/aromatic N) is 1. The average molecular weight is 306 g/mol. The Morgan fingerprint density at radius 2 is 2.26 bits per heavy atom. The molecule has 112 valence electrons. The minimum Gasteiger partial charge on any atom is -0.316 e. The molecule has 0 bridgehead atoms. The van der Waals surface area contributed by atoms with Crippen molar-refractivity contribution >= 4 is 21.6 Å². The fourth-order valence-electron chi connectivity index (χ4n) is 2.94. The van der Waals surface area contributed by atoms with Crippen LogP contribution in [0.5, 0.6) is 0 Å². The van der Waals surface area contributed by atoms with Crippen LogP contribution in [0.1, 0.15) is 26.2 Å². The van der Waals surface area contributed by atoms with Crippen molar-refractivity contribution in [3.8, 4) is 0 Å². The van der Waals surface area contributed by atoms with Gasteiger partial charge < -0.3 is 5.32 Å². The van der Waals surface area contributed by atoms with E-state index in [0.29, 0.717) is 0 Å². The van der Waals surface area contributed by atoms with E-state index in [4.69, 9.17) is 0 Å². The first-order valence-corrected chi connectivity index (χ1v) is 10.2. The van der Waals surface area contributed by atoms with Crippen LogP contribution in [0.2, 0.25) is 0 Å². The van der Waals surface area contributed by atoms with Gasteiger partial charge in [-0.1, -0.05) is 6.92 Å². The van der Waals surface area contributed by atoms with Crippen molar-refractivity contribution in [1.82, 2.24) is 10.2 Å². The highest BCUT2D eigenvalue weighted by molar-refractivity contribution is 8.01. The molecule has 6 heteroatoms. The van der Waals surface area contributed by atoms with Gasteiger partial charge in [-0.05, 0) is 44.8 Å². The first-order chi connectivity index (χ1) is 9.13. The molecule has 0 saturated carbocycles. The molecule has 4 nitrogen and oxygen atoms in total. The summed E-state index contributed by atoms with van der Waals surface area (Å²) in [6.07, 6.45) is 3.65. The van der Waals surface area contributed by atoms with Gasteiger partial charge in [-0.25, -0.2) is 8.42 Å². The number of thioether (sulfide) groups is 1. The average Bonchev–Trinajstić information content (AvgIpc) is 2.92. The highest BCUT2D eigenvalue weighted by Gasteiger charge is 2.32. The number of hydrogen-bond acceptors (Lipinski definition) is 5. The SMILES string of the molecule is CCS(=O)(=O)C1CSCCN1CCCC1CCNC1. The molecule has 2 rings (SSSR count). The fourth-order valence-corrected chi connectivity index (χ4v) is 6.05. The third-order valence-electron chi connectivity index (χ3n) is 4.23. The van der Waals surface area contributed by atoms with Crippen molar-refractivity contribution in [3.05, 3.63) is 0 Å². The Bertz CT molecular complexity index is 367. The quantitative estimate of drug-likeness (QED) is 0.799. The van der Waals surface area contributed by atoms with Gasteiger partial charge >= 0.3 is 0 Å². The van der Waals surface area contributed by atoms with Crippen molar-refractivity contribution in [2.75, 3.05) is 43.4 Å². The van der Waals surface area contributed by atoms with Gasteiger partial charge in [0.05, 0.1) is 0 Å². The van der Waals surface area contributed by atoms with E-state index in [0.717, 1.165) is 50.0 Å². The lowest BCUT2D eigenvalue weighted by atomic mass is 10.0. The minimum atomic E-state index is -2.93. The van der Waals surface area contributed by atoms with Crippen LogP contribution < -0.4 is 5.32 Å². The van der Waals surface area contributed by atoms with Crippen molar-refractivity contribution < 1.29 is 8.42 Å². The predicted octanol–water partition coefficient (Wildman–Crippen LogP) is 1.19. The molecule has 1 N–H and O–H groups in total. The molecule has 2 aliphatic rings. The third kappa shape index (κ3) is 4.34. The Morgan fingerprint density at radius 1 is 1.42 bits per heavy atom. The van der Waals surface area contributed by atoms with Gasteiger partial charge in [0, 0.05) is 23.8 Å². The maximum absolute atomic E-state index is 12.1. The number of hydrogen-bond donors (Lipinski definition) is 1. The molecule has 2 heterocycles. The lowest BCUT2D eigenvalue weighted by molar-refractivity contribution is 0.258. The van der Waals surface area contributed by atoms with Crippen LogP contribution in [0.25, 0.3) is 0 Å². The summed E-state index contributed by atoms with van der Waals surface area (Å²) in [5, 5.41) is 3.15. The molecule has 0 aromatic heterocycles. The normalized spacial score (nSPS) is 29.7. The molecule has 0 aromatic rings. The zero-order chi connectivity index (χ0) is 13.7. The van der Waals surface area contributed by atoms with E-state index < -0.39 is 9.84 Å². The summed E-state index contributed by atoms with van der Waals surface area (Å²) in [6.45, 7) is 5.93. The van der Waals surface area contributed by atoms with Crippen LogP contribution >= 0.6 is 11.8 Å². The second-order valence-corrected chi connectivity index (χ2v) is 9.12. The van der Waals surface area contributed by atoms with E-state index >= 15 is 0 Å². The van der Waals surface area contributed by atoms with Gasteiger partial charge in [-0.15, -0.1) is 0 Å². The van der Waals surface area contributed by atoms with Crippen molar-refractivity contribution in [2.24, 2.45) is 5.92 Å². The molecular weight excluding hydrogens is 280 g/mol. The standard InChI is InChI=1S/C13H26N2O2S2/c1-2-19(16,17)13-11-18-9-8-15(13)7-3-4-12-5-6-14-10-12/h12-14H,2-11H2,1H3. The molecule has 2 aliphatic heterocycles. The molecule has 0 aromatic carbocycles. The molecule has 2 saturated heterocycles. The first kappa shape index (κ1) is 15.6. The lowest BCUT2D eigenvalue weighted by Gasteiger charge is -2.34. The maximum atomic E-state index is 12.1. The van der Waals surface area contributed by atoms with Crippen LogP contribution in [0.15, 0.2) is 0 Å². The maximum Gasteiger partial charge on any atom is 0.166 e. The minimum absolute atomic E-state index is 0.238. The Labute approximate surface area is 121 Å². The van der Waals surface area contributed by atoms with Crippen molar-refractivity contribution in [3.63, 3.8) is 0 Å². The summed E-state index contributed by atoms with van der Waals surface area (Å²) < 4.78 is 24.2. The molecule has 2 unspecified atom stereocenters. The number of nitrogens with one attached hydrogen (secondary N) is 1. The largest absolute Gasteiger partial charge is 0.316 e. The fraction of sp³-hybridized carbons (Fsp3) is 1.00. The summed E-state index contributed by atoms with van der Waals surface area (Å²) in [7, 11) is -2.93. The molecule has 0 spiro atoms. The second kappa shape index (κ2) is 7.29. The molecule has 0 amide bonds. The van der Waals surface area contributed by atoms with Crippen LogP contribution in [-0.4, -0.2) is 62.1 Å². The first-order valence-electron chi connectivity index (χ1n) is 7.37. The van der Waals surface area contributed by atoms with Crippen LogP contribution in [0.3, 0.4) is 0 Å². The molecule has 2 fully saturated rings. The van der Waals surface area contributed by atoms with Crippen LogP contribution in [0, 0.1) is 5.92 Å². The summed E-state index contributed by atoms with van der Waals surface area (Å²) in [4.78, 5) is 2.21. The van der Waals surface area contributed by atoms with E-state index in [9.17, 15) is 8.42 Å².